The van der Waals surface area contributed by atoms with Crippen LogP contribution < -0.4 is 26.1 Å². The van der Waals surface area contributed by atoms with E-state index in [2.05, 4.69) is 21.2 Å². The molecule has 0 radical (unpaired) electrons. The maximum Gasteiger partial charge on any atom is 0.262 e. The third-order valence-corrected chi connectivity index (χ3v) is 6.78. The summed E-state index contributed by atoms with van der Waals surface area (Å²) in [7, 11) is 0. The molecule has 0 atom stereocenters. The van der Waals surface area contributed by atoms with Crippen LogP contribution >= 0.6 is 15.9 Å². The lowest BCUT2D eigenvalue weighted by Gasteiger charge is -2.16. The van der Waals surface area contributed by atoms with Crippen LogP contribution in [0.15, 0.2) is 45.7 Å². The molecule has 11 heteroatoms. The summed E-state index contributed by atoms with van der Waals surface area (Å²) in [5.74, 6) is -0.409. The summed E-state index contributed by atoms with van der Waals surface area (Å²) in [6.07, 6.45) is 0. The van der Waals surface area contributed by atoms with Crippen LogP contribution in [0.25, 0.3) is 5.69 Å². The van der Waals surface area contributed by atoms with E-state index in [0.29, 0.717) is 40.3 Å². The fourth-order valence-electron chi connectivity index (χ4n) is 4.47. The van der Waals surface area contributed by atoms with E-state index in [1.807, 2.05) is 18.2 Å². The number of fused-ring (bicyclic) bond motifs is 3. The highest BCUT2D eigenvalue weighted by Crippen LogP contribution is 2.36. The lowest BCUT2D eigenvalue weighted by atomic mass is 10.1. The Hall–Kier alpha value is -4.12. The molecule has 10 nitrogen and oxygen atoms in total. The Balaban J connectivity index is 1.37. The number of nitrogens with zero attached hydrogens (tertiary/aromatic N) is 2. The summed E-state index contributed by atoms with van der Waals surface area (Å²) < 4.78 is 12.5. The summed E-state index contributed by atoms with van der Waals surface area (Å²) in [5, 5.41) is 2.14. The van der Waals surface area contributed by atoms with E-state index in [1.165, 1.54) is 0 Å². The Bertz CT molecular complexity index is 1530. The first-order valence-corrected chi connectivity index (χ1v) is 11.0. The SMILES string of the molecule is Nc1c2c(cc(=O)n1-c1cc(Br)c3c(c1)C(=O)N(Cc1ccc4c(c1)OCO4)C3)C(=O)NC2=O. The van der Waals surface area contributed by atoms with Crippen LogP contribution in [0.2, 0.25) is 0 Å². The minimum absolute atomic E-state index is 0.0583. The van der Waals surface area contributed by atoms with Crippen molar-refractivity contribution in [1.29, 1.82) is 0 Å². The van der Waals surface area contributed by atoms with Crippen molar-refractivity contribution < 1.29 is 23.9 Å². The average Bonchev–Trinajstić information content (AvgIpc) is 3.46. The molecular weight excluding hydrogens is 508 g/mol. The smallest absolute Gasteiger partial charge is 0.262 e. The Labute approximate surface area is 200 Å². The van der Waals surface area contributed by atoms with Crippen molar-refractivity contribution in [2.45, 2.75) is 13.1 Å². The number of nitrogens with one attached hydrogen (secondary N) is 1. The summed E-state index contributed by atoms with van der Waals surface area (Å²) in [4.78, 5) is 51.8. The third-order valence-electron chi connectivity index (χ3n) is 6.07. The molecule has 0 unspecified atom stereocenters. The Morgan fingerprint density at radius 3 is 2.59 bits per heavy atom. The number of pyridine rings is 1. The van der Waals surface area contributed by atoms with Crippen LogP contribution in [-0.2, 0) is 13.1 Å². The van der Waals surface area contributed by atoms with Crippen LogP contribution in [0.3, 0.4) is 0 Å². The summed E-state index contributed by atoms with van der Waals surface area (Å²) in [6.45, 7) is 0.897. The molecule has 0 spiro atoms. The van der Waals surface area contributed by atoms with Crippen LogP contribution in [0, 0.1) is 0 Å². The van der Waals surface area contributed by atoms with Gasteiger partial charge in [-0.2, -0.15) is 0 Å². The minimum Gasteiger partial charge on any atom is -0.454 e. The van der Waals surface area contributed by atoms with Gasteiger partial charge in [0.2, 0.25) is 6.79 Å². The first kappa shape index (κ1) is 20.5. The molecule has 1 aromatic heterocycles. The molecule has 3 aliphatic rings. The number of ether oxygens (including phenoxy) is 2. The van der Waals surface area contributed by atoms with Crippen molar-refractivity contribution in [3.63, 3.8) is 0 Å². The van der Waals surface area contributed by atoms with Gasteiger partial charge in [0.25, 0.3) is 23.3 Å². The zero-order valence-corrected chi connectivity index (χ0v) is 19.0. The average molecular weight is 523 g/mol. The van der Waals surface area contributed by atoms with Crippen molar-refractivity contribution in [1.82, 2.24) is 14.8 Å². The predicted molar refractivity (Wildman–Crippen MR) is 122 cm³/mol. The molecular formula is C23H15BrN4O6. The molecule has 0 fully saturated rings. The van der Waals surface area contributed by atoms with E-state index in [-0.39, 0.29) is 29.6 Å². The monoisotopic (exact) mass is 522 g/mol. The quantitative estimate of drug-likeness (QED) is 0.502. The molecule has 3 N–H and O–H groups in total. The van der Waals surface area contributed by atoms with Gasteiger partial charge in [-0.05, 0) is 35.4 Å². The molecule has 2 aromatic carbocycles. The molecule has 0 bridgehead atoms. The van der Waals surface area contributed by atoms with Crippen molar-refractivity contribution in [2.24, 2.45) is 0 Å². The van der Waals surface area contributed by atoms with Crippen molar-refractivity contribution in [3.05, 3.63) is 79.0 Å². The Morgan fingerprint density at radius 1 is 0.971 bits per heavy atom. The van der Waals surface area contributed by atoms with Gasteiger partial charge in [-0.1, -0.05) is 22.0 Å². The third kappa shape index (κ3) is 2.93. The van der Waals surface area contributed by atoms with Gasteiger partial charge in [-0.25, -0.2) is 0 Å². The fraction of sp³-hybridized carbons (Fsp3) is 0.130. The second-order valence-electron chi connectivity index (χ2n) is 8.08. The summed E-state index contributed by atoms with van der Waals surface area (Å²) in [5.41, 5.74) is 7.82. The van der Waals surface area contributed by atoms with Crippen LogP contribution in [0.5, 0.6) is 11.5 Å². The van der Waals surface area contributed by atoms with Gasteiger partial charge in [0, 0.05) is 29.2 Å². The molecule has 4 heterocycles. The van der Waals surface area contributed by atoms with Gasteiger partial charge in [-0.15, -0.1) is 0 Å². The number of aromatic nitrogens is 1. The highest BCUT2D eigenvalue weighted by Gasteiger charge is 2.34. The van der Waals surface area contributed by atoms with Crippen molar-refractivity contribution in [2.75, 3.05) is 12.5 Å². The van der Waals surface area contributed by atoms with Gasteiger partial charge in [0.1, 0.15) is 5.82 Å². The molecule has 3 amide bonds. The Kier molecular flexibility index (Phi) is 4.33. The lowest BCUT2D eigenvalue weighted by molar-refractivity contribution is 0.0765. The Morgan fingerprint density at radius 2 is 1.76 bits per heavy atom. The molecule has 6 rings (SSSR count). The molecule has 0 saturated carbocycles. The van der Waals surface area contributed by atoms with Crippen molar-refractivity contribution >= 4 is 39.5 Å². The van der Waals surface area contributed by atoms with E-state index in [9.17, 15) is 19.2 Å². The van der Waals surface area contributed by atoms with Gasteiger partial charge < -0.3 is 20.1 Å². The zero-order valence-electron chi connectivity index (χ0n) is 17.4. The van der Waals surface area contributed by atoms with Crippen LogP contribution in [0.4, 0.5) is 5.82 Å². The highest BCUT2D eigenvalue weighted by molar-refractivity contribution is 9.10. The predicted octanol–water partition coefficient (Wildman–Crippen LogP) is 1.95. The number of rotatable bonds is 3. The summed E-state index contributed by atoms with van der Waals surface area (Å²) >= 11 is 3.50. The number of halogens is 1. The van der Waals surface area contributed by atoms with E-state index >= 15 is 0 Å². The van der Waals surface area contributed by atoms with E-state index < -0.39 is 17.4 Å². The van der Waals surface area contributed by atoms with E-state index in [4.69, 9.17) is 15.2 Å². The molecule has 34 heavy (non-hydrogen) atoms. The fourth-order valence-corrected chi connectivity index (χ4v) is 5.04. The molecule has 170 valence electrons. The zero-order chi connectivity index (χ0) is 23.7. The largest absolute Gasteiger partial charge is 0.454 e. The number of benzene rings is 2. The van der Waals surface area contributed by atoms with E-state index in [1.54, 1.807) is 17.0 Å². The molecule has 3 aromatic rings. The molecule has 0 aliphatic carbocycles. The summed E-state index contributed by atoms with van der Waals surface area (Å²) in [6, 6.07) is 9.83. The first-order chi connectivity index (χ1) is 16.3. The second kappa shape index (κ2) is 7.19. The van der Waals surface area contributed by atoms with Gasteiger partial charge in [0.15, 0.2) is 11.5 Å². The highest BCUT2D eigenvalue weighted by atomic mass is 79.9. The maximum absolute atomic E-state index is 13.2. The number of amides is 3. The van der Waals surface area contributed by atoms with Crippen molar-refractivity contribution in [3.8, 4) is 17.2 Å². The van der Waals surface area contributed by atoms with Crippen LogP contribution in [0.1, 0.15) is 42.2 Å². The second-order valence-corrected chi connectivity index (χ2v) is 8.93. The molecule has 0 saturated heterocycles. The number of hydrogen-bond acceptors (Lipinski definition) is 7. The lowest BCUT2D eigenvalue weighted by Crippen LogP contribution is -2.25. The number of carbonyl (C=O) groups excluding carboxylic acids is 3. The minimum atomic E-state index is -0.669. The standard InChI is InChI=1S/C23H15BrN4O6/c24-15-5-11(28-18(29)6-13-19(20(28)25)22(31)26-21(13)30)4-12-14(15)8-27(23(12)32)7-10-1-2-16-17(3-10)34-9-33-16/h1-6H,7-9,25H2,(H,26,30,31). The first-order valence-electron chi connectivity index (χ1n) is 10.2. The van der Waals surface area contributed by atoms with E-state index in [0.717, 1.165) is 21.8 Å². The number of anilines is 1. The topological polar surface area (TPSA) is 133 Å². The number of nitrogens with two attached hydrogens (primary N) is 1. The number of hydrogen-bond donors (Lipinski definition) is 2. The normalized spacial score (nSPS) is 15.6. The van der Waals surface area contributed by atoms with Gasteiger partial charge in [0.05, 0.1) is 16.8 Å². The number of imide groups is 1. The van der Waals surface area contributed by atoms with Crippen LogP contribution in [-0.4, -0.2) is 34.0 Å². The number of carbonyl (C=O) groups is 3. The number of nitrogen functional groups attached to an aromatic ring is 1. The maximum atomic E-state index is 13.2. The van der Waals surface area contributed by atoms with Gasteiger partial charge >= 0.3 is 0 Å². The molecule has 3 aliphatic heterocycles. The van der Waals surface area contributed by atoms with Gasteiger partial charge in [-0.3, -0.25) is 29.1 Å².